The Labute approximate surface area is 142 Å². The molecule has 0 atom stereocenters. The number of ether oxygens (including phenoxy) is 1. The summed E-state index contributed by atoms with van der Waals surface area (Å²) in [4.78, 5) is 13.9. The zero-order valence-corrected chi connectivity index (χ0v) is 16.1. The molecular formula is C18H37NO2S. The van der Waals surface area contributed by atoms with Crippen molar-refractivity contribution >= 4 is 17.5 Å². The summed E-state index contributed by atoms with van der Waals surface area (Å²) in [6.07, 6.45) is 8.75. The van der Waals surface area contributed by atoms with Crippen molar-refractivity contribution in [1.82, 2.24) is 4.90 Å². The number of hydrogen-bond acceptors (Lipinski definition) is 4. The van der Waals surface area contributed by atoms with Crippen LogP contribution in [0.1, 0.15) is 65.2 Å². The molecule has 0 unspecified atom stereocenters. The Bertz CT molecular complexity index is 257. The highest BCUT2D eigenvalue weighted by atomic mass is 32.2. The summed E-state index contributed by atoms with van der Waals surface area (Å²) in [5.74, 6) is 2.87. The van der Waals surface area contributed by atoms with Crippen molar-refractivity contribution in [2.24, 2.45) is 0 Å². The third-order valence-electron chi connectivity index (χ3n) is 3.44. The van der Waals surface area contributed by atoms with E-state index in [4.69, 9.17) is 4.74 Å². The lowest BCUT2D eigenvalue weighted by Gasteiger charge is -2.08. The Balaban J connectivity index is 3.17. The maximum atomic E-state index is 11.7. The smallest absolute Gasteiger partial charge is 0.132 e. The summed E-state index contributed by atoms with van der Waals surface area (Å²) in [5.41, 5.74) is 0. The molecule has 0 aliphatic carbocycles. The molecule has 3 nitrogen and oxygen atoms in total. The first kappa shape index (κ1) is 21.9. The quantitative estimate of drug-likeness (QED) is 0.392. The van der Waals surface area contributed by atoms with Crippen LogP contribution in [0.5, 0.6) is 0 Å². The van der Waals surface area contributed by atoms with Crippen molar-refractivity contribution in [2.45, 2.75) is 71.3 Å². The van der Waals surface area contributed by atoms with E-state index in [1.165, 1.54) is 24.3 Å². The van der Waals surface area contributed by atoms with Crippen molar-refractivity contribution in [1.29, 1.82) is 0 Å². The number of Topliss-reactive ketones (excluding diaryl/α,β-unsaturated/α-hetero) is 1. The van der Waals surface area contributed by atoms with Gasteiger partial charge in [0.1, 0.15) is 5.78 Å². The van der Waals surface area contributed by atoms with Gasteiger partial charge in [0.25, 0.3) is 0 Å². The molecule has 22 heavy (non-hydrogen) atoms. The molecule has 0 fully saturated rings. The van der Waals surface area contributed by atoms with Crippen molar-refractivity contribution in [3.05, 3.63) is 0 Å². The minimum atomic E-state index is 0.352. The molecule has 0 spiro atoms. The van der Waals surface area contributed by atoms with Crippen LogP contribution in [0.4, 0.5) is 0 Å². The van der Waals surface area contributed by atoms with Crippen LogP contribution in [0.3, 0.4) is 0 Å². The maximum Gasteiger partial charge on any atom is 0.132 e. The number of nitrogens with zero attached hydrogens (tertiary/aromatic N) is 1. The second-order valence-corrected chi connectivity index (χ2v) is 7.72. The Morgan fingerprint density at radius 1 is 0.955 bits per heavy atom. The predicted molar refractivity (Wildman–Crippen MR) is 98.9 cm³/mol. The van der Waals surface area contributed by atoms with Crippen LogP contribution in [-0.4, -0.2) is 55.5 Å². The fourth-order valence-electron chi connectivity index (χ4n) is 2.16. The molecule has 0 bridgehead atoms. The number of rotatable bonds is 16. The van der Waals surface area contributed by atoms with Gasteiger partial charge < -0.3 is 9.64 Å². The number of thioether (sulfide) groups is 1. The van der Waals surface area contributed by atoms with Gasteiger partial charge in [-0.1, -0.05) is 6.42 Å². The first-order chi connectivity index (χ1) is 10.5. The summed E-state index contributed by atoms with van der Waals surface area (Å²) in [7, 11) is 4.16. The van der Waals surface area contributed by atoms with Gasteiger partial charge in [-0.05, 0) is 78.1 Å². The van der Waals surface area contributed by atoms with Crippen molar-refractivity contribution in [3.8, 4) is 0 Å². The number of ketones is 1. The fourth-order valence-corrected chi connectivity index (χ4v) is 3.09. The fraction of sp³-hybridized carbons (Fsp3) is 0.944. The Hall–Kier alpha value is -0.0600. The van der Waals surface area contributed by atoms with Gasteiger partial charge in [-0.15, -0.1) is 0 Å². The van der Waals surface area contributed by atoms with E-state index in [0.29, 0.717) is 11.9 Å². The van der Waals surface area contributed by atoms with Gasteiger partial charge in [-0.3, -0.25) is 4.79 Å². The average Bonchev–Trinajstić information content (AvgIpc) is 2.45. The van der Waals surface area contributed by atoms with E-state index in [2.05, 4.69) is 32.8 Å². The van der Waals surface area contributed by atoms with Gasteiger partial charge in [0.2, 0.25) is 0 Å². The van der Waals surface area contributed by atoms with Crippen molar-refractivity contribution in [2.75, 3.05) is 38.8 Å². The van der Waals surface area contributed by atoms with Crippen LogP contribution >= 0.6 is 11.8 Å². The second kappa shape index (κ2) is 15.8. The molecule has 0 N–H and O–H groups in total. The number of carbonyl (C=O) groups is 1. The normalized spacial score (nSPS) is 11.5. The summed E-state index contributed by atoms with van der Waals surface area (Å²) in [6, 6.07) is 0. The number of carbonyl (C=O) groups excluding carboxylic acids is 1. The highest BCUT2D eigenvalue weighted by molar-refractivity contribution is 7.99. The highest BCUT2D eigenvalue weighted by Crippen LogP contribution is 2.10. The zero-order valence-electron chi connectivity index (χ0n) is 15.2. The minimum absolute atomic E-state index is 0.352. The summed E-state index contributed by atoms with van der Waals surface area (Å²) < 4.78 is 5.51. The molecule has 0 saturated carbocycles. The molecule has 4 heteroatoms. The zero-order chi connectivity index (χ0) is 16.6. The molecule has 0 radical (unpaired) electrons. The molecule has 132 valence electrons. The van der Waals surface area contributed by atoms with Crippen LogP contribution in [0, 0.1) is 0 Å². The lowest BCUT2D eigenvalue weighted by molar-refractivity contribution is -0.119. The molecule has 0 heterocycles. The summed E-state index contributed by atoms with van der Waals surface area (Å²) >= 11 is 2.01. The summed E-state index contributed by atoms with van der Waals surface area (Å²) in [5, 5.41) is 0. The van der Waals surface area contributed by atoms with Crippen LogP contribution in [0.2, 0.25) is 0 Å². The number of hydrogen-bond donors (Lipinski definition) is 0. The lowest BCUT2D eigenvalue weighted by Crippen LogP contribution is -2.13. The monoisotopic (exact) mass is 331 g/mol. The summed E-state index contributed by atoms with van der Waals surface area (Å²) in [6.45, 7) is 6.13. The van der Waals surface area contributed by atoms with Crippen molar-refractivity contribution in [3.63, 3.8) is 0 Å². The van der Waals surface area contributed by atoms with Crippen LogP contribution in [-0.2, 0) is 9.53 Å². The first-order valence-electron chi connectivity index (χ1n) is 8.88. The third-order valence-corrected chi connectivity index (χ3v) is 4.59. The van der Waals surface area contributed by atoms with Gasteiger partial charge in [0.15, 0.2) is 0 Å². The molecular weight excluding hydrogens is 294 g/mol. The maximum absolute atomic E-state index is 11.7. The van der Waals surface area contributed by atoms with E-state index in [1.54, 1.807) is 0 Å². The van der Waals surface area contributed by atoms with E-state index >= 15 is 0 Å². The van der Waals surface area contributed by atoms with E-state index < -0.39 is 0 Å². The van der Waals surface area contributed by atoms with Gasteiger partial charge in [0, 0.05) is 19.4 Å². The highest BCUT2D eigenvalue weighted by Gasteiger charge is 2.02. The topological polar surface area (TPSA) is 29.5 Å². The van der Waals surface area contributed by atoms with Crippen molar-refractivity contribution < 1.29 is 9.53 Å². The first-order valence-corrected chi connectivity index (χ1v) is 10.0. The molecule has 0 amide bonds. The average molecular weight is 332 g/mol. The Kier molecular flexibility index (Phi) is 15.8. The van der Waals surface area contributed by atoms with Gasteiger partial charge in [0.05, 0.1) is 6.10 Å². The van der Waals surface area contributed by atoms with Gasteiger partial charge >= 0.3 is 0 Å². The molecule has 0 aromatic carbocycles. The SMILES string of the molecule is CC(C)OCCCSCCCCCC(=O)CCCCN(C)C. The van der Waals surface area contributed by atoms with Crippen LogP contribution < -0.4 is 0 Å². The Morgan fingerprint density at radius 3 is 2.23 bits per heavy atom. The largest absolute Gasteiger partial charge is 0.379 e. The molecule has 0 saturated heterocycles. The molecule has 0 aliphatic rings. The van der Waals surface area contributed by atoms with E-state index in [1.807, 2.05) is 11.8 Å². The van der Waals surface area contributed by atoms with E-state index in [9.17, 15) is 4.79 Å². The molecule has 0 aromatic rings. The molecule has 0 aliphatic heterocycles. The molecule has 0 aromatic heterocycles. The third kappa shape index (κ3) is 18.0. The standard InChI is InChI=1S/C18H37NO2S/c1-17(2)21-14-10-16-22-15-9-5-6-11-18(20)12-7-8-13-19(3)4/h17H,5-16H2,1-4H3. The van der Waals surface area contributed by atoms with Gasteiger partial charge in [-0.2, -0.15) is 11.8 Å². The van der Waals surface area contributed by atoms with E-state index in [0.717, 1.165) is 51.7 Å². The Morgan fingerprint density at radius 2 is 1.59 bits per heavy atom. The lowest BCUT2D eigenvalue weighted by atomic mass is 10.1. The minimum Gasteiger partial charge on any atom is -0.379 e. The second-order valence-electron chi connectivity index (χ2n) is 6.50. The van der Waals surface area contributed by atoms with E-state index in [-0.39, 0.29) is 0 Å². The molecule has 0 rings (SSSR count). The van der Waals surface area contributed by atoms with Crippen LogP contribution in [0.15, 0.2) is 0 Å². The predicted octanol–water partition coefficient (Wildman–Crippen LogP) is 4.40. The number of unbranched alkanes of at least 4 members (excludes halogenated alkanes) is 3. The van der Waals surface area contributed by atoms with Gasteiger partial charge in [-0.25, -0.2) is 0 Å². The van der Waals surface area contributed by atoms with Crippen LogP contribution in [0.25, 0.3) is 0 Å².